The van der Waals surface area contributed by atoms with Gasteiger partial charge in [-0.15, -0.1) is 0 Å². The van der Waals surface area contributed by atoms with Gasteiger partial charge in [-0.2, -0.15) is 0 Å². The molecule has 1 fully saturated rings. The van der Waals surface area contributed by atoms with E-state index < -0.39 is 11.7 Å². The molecule has 23 heavy (non-hydrogen) atoms. The first kappa shape index (κ1) is 18.2. The van der Waals surface area contributed by atoms with Crippen LogP contribution in [-0.2, 0) is 11.2 Å². The molecule has 1 N–H and O–H groups in total. The molecule has 0 bridgehead atoms. The normalized spacial score (nSPS) is 22.1. The van der Waals surface area contributed by atoms with Crippen molar-refractivity contribution in [2.75, 3.05) is 13.1 Å². The largest absolute Gasteiger partial charge is 0.444 e. The van der Waals surface area contributed by atoms with Crippen molar-refractivity contribution in [2.24, 2.45) is 5.92 Å². The Labute approximate surface area is 144 Å². The van der Waals surface area contributed by atoms with E-state index in [9.17, 15) is 14.3 Å². The minimum atomic E-state index is -0.537. The fraction of sp³-hybridized carbons (Fsp3) is 0.588. The van der Waals surface area contributed by atoms with E-state index in [1.54, 1.807) is 17.0 Å². The van der Waals surface area contributed by atoms with Crippen LogP contribution in [0.3, 0.4) is 0 Å². The Morgan fingerprint density at radius 2 is 2.17 bits per heavy atom. The second-order valence-corrected chi connectivity index (χ2v) is 7.85. The molecule has 2 unspecified atom stereocenters. The highest BCUT2D eigenvalue weighted by Gasteiger charge is 2.32. The molecule has 1 heterocycles. The molecule has 1 amide bonds. The maximum atomic E-state index is 13.3. The first-order valence-corrected chi connectivity index (χ1v) is 8.55. The average Bonchev–Trinajstić information content (AvgIpc) is 2.43. The smallest absolute Gasteiger partial charge is 0.410 e. The molecule has 6 heteroatoms. The number of piperidine rings is 1. The van der Waals surface area contributed by atoms with Gasteiger partial charge in [-0.3, -0.25) is 0 Å². The van der Waals surface area contributed by atoms with Crippen LogP contribution in [0, 0.1) is 11.7 Å². The molecular formula is C17H23BrFNO3. The summed E-state index contributed by atoms with van der Waals surface area (Å²) in [5.41, 5.74) is 0.387. The lowest BCUT2D eigenvalue weighted by Crippen LogP contribution is -2.48. The van der Waals surface area contributed by atoms with Crippen molar-refractivity contribution in [3.63, 3.8) is 0 Å². The Hall–Kier alpha value is -1.14. The number of benzene rings is 1. The van der Waals surface area contributed by atoms with E-state index in [0.717, 1.165) is 5.56 Å². The van der Waals surface area contributed by atoms with Gasteiger partial charge in [0.25, 0.3) is 0 Å². The summed E-state index contributed by atoms with van der Waals surface area (Å²) in [5, 5.41) is 10.2. The Kier molecular flexibility index (Phi) is 5.68. The van der Waals surface area contributed by atoms with Gasteiger partial charge in [0.2, 0.25) is 0 Å². The maximum Gasteiger partial charge on any atom is 0.410 e. The van der Waals surface area contributed by atoms with Gasteiger partial charge in [0.15, 0.2) is 0 Å². The molecule has 128 valence electrons. The molecule has 1 saturated heterocycles. The van der Waals surface area contributed by atoms with Crippen molar-refractivity contribution >= 4 is 22.0 Å². The molecule has 1 aliphatic heterocycles. The predicted molar refractivity (Wildman–Crippen MR) is 89.7 cm³/mol. The van der Waals surface area contributed by atoms with Gasteiger partial charge in [-0.25, -0.2) is 9.18 Å². The molecule has 0 aromatic heterocycles. The lowest BCUT2D eigenvalue weighted by Gasteiger charge is -2.37. The van der Waals surface area contributed by atoms with E-state index in [1.165, 1.54) is 6.07 Å². The van der Waals surface area contributed by atoms with Crippen LogP contribution in [0.5, 0.6) is 0 Å². The monoisotopic (exact) mass is 387 g/mol. The SMILES string of the molecule is CC(C)(C)OC(=O)N1CCC(O)C(Cc2ccc(F)c(Br)c2)C1. The molecular weight excluding hydrogens is 365 g/mol. The highest BCUT2D eigenvalue weighted by Crippen LogP contribution is 2.25. The van der Waals surface area contributed by atoms with Gasteiger partial charge in [-0.05, 0) is 67.2 Å². The topological polar surface area (TPSA) is 49.8 Å². The second-order valence-electron chi connectivity index (χ2n) is 7.00. The Morgan fingerprint density at radius 1 is 1.48 bits per heavy atom. The van der Waals surface area contributed by atoms with E-state index >= 15 is 0 Å². The van der Waals surface area contributed by atoms with Gasteiger partial charge in [0.05, 0.1) is 10.6 Å². The number of carbonyl (C=O) groups is 1. The van der Waals surface area contributed by atoms with Crippen LogP contribution in [0.2, 0.25) is 0 Å². The van der Waals surface area contributed by atoms with Crippen LogP contribution >= 0.6 is 15.9 Å². The van der Waals surface area contributed by atoms with Crippen molar-refractivity contribution in [3.05, 3.63) is 34.1 Å². The van der Waals surface area contributed by atoms with Gasteiger partial charge in [0.1, 0.15) is 11.4 Å². The number of aliphatic hydroxyl groups is 1. The Morgan fingerprint density at radius 3 is 2.78 bits per heavy atom. The first-order valence-electron chi connectivity index (χ1n) is 7.75. The number of halogens is 2. The van der Waals surface area contributed by atoms with Crippen LogP contribution in [-0.4, -0.2) is 40.9 Å². The average molecular weight is 388 g/mol. The number of hydrogen-bond donors (Lipinski definition) is 1. The zero-order valence-electron chi connectivity index (χ0n) is 13.7. The number of ether oxygens (including phenoxy) is 1. The minimum absolute atomic E-state index is 0.0892. The standard InChI is InChI=1S/C17H23BrFNO3/c1-17(2,3)23-16(22)20-7-6-15(21)12(10-20)8-11-4-5-14(19)13(18)9-11/h4-5,9,12,15,21H,6-8,10H2,1-3H3. The molecule has 0 spiro atoms. The third kappa shape index (κ3) is 5.18. The molecule has 0 saturated carbocycles. The molecule has 0 radical (unpaired) electrons. The third-order valence-electron chi connectivity index (χ3n) is 3.83. The summed E-state index contributed by atoms with van der Waals surface area (Å²) in [5.74, 6) is -0.401. The van der Waals surface area contributed by atoms with Crippen LogP contribution in [0.1, 0.15) is 32.8 Å². The van der Waals surface area contributed by atoms with Gasteiger partial charge >= 0.3 is 6.09 Å². The van der Waals surface area contributed by atoms with Crippen molar-refractivity contribution in [1.82, 2.24) is 4.90 Å². The number of carbonyl (C=O) groups excluding carboxylic acids is 1. The maximum absolute atomic E-state index is 13.3. The minimum Gasteiger partial charge on any atom is -0.444 e. The third-order valence-corrected chi connectivity index (χ3v) is 4.44. The summed E-state index contributed by atoms with van der Waals surface area (Å²) in [7, 11) is 0. The Balaban J connectivity index is 2.03. The summed E-state index contributed by atoms with van der Waals surface area (Å²) in [6.07, 6.45) is 0.276. The highest BCUT2D eigenvalue weighted by molar-refractivity contribution is 9.10. The molecule has 4 nitrogen and oxygen atoms in total. The molecule has 0 aliphatic carbocycles. The van der Waals surface area contributed by atoms with E-state index in [1.807, 2.05) is 20.8 Å². The van der Waals surface area contributed by atoms with E-state index in [4.69, 9.17) is 4.74 Å². The van der Waals surface area contributed by atoms with Crippen LogP contribution in [0.4, 0.5) is 9.18 Å². The number of likely N-dealkylation sites (tertiary alicyclic amines) is 1. The lowest BCUT2D eigenvalue weighted by atomic mass is 9.89. The van der Waals surface area contributed by atoms with Crippen molar-refractivity contribution in [3.8, 4) is 0 Å². The number of hydrogen-bond acceptors (Lipinski definition) is 3. The second kappa shape index (κ2) is 7.18. The number of rotatable bonds is 2. The first-order chi connectivity index (χ1) is 10.7. The summed E-state index contributed by atoms with van der Waals surface area (Å²) < 4.78 is 19.1. The van der Waals surface area contributed by atoms with Crippen molar-refractivity contribution < 1.29 is 19.0 Å². The van der Waals surface area contributed by atoms with Crippen LogP contribution in [0.15, 0.2) is 22.7 Å². The van der Waals surface area contributed by atoms with E-state index in [2.05, 4.69) is 15.9 Å². The molecule has 1 aliphatic rings. The van der Waals surface area contributed by atoms with Gasteiger partial charge in [-0.1, -0.05) is 6.07 Å². The molecule has 2 rings (SSSR count). The summed E-state index contributed by atoms with van der Waals surface area (Å²) in [4.78, 5) is 13.8. The summed E-state index contributed by atoms with van der Waals surface area (Å²) >= 11 is 3.17. The summed E-state index contributed by atoms with van der Waals surface area (Å²) in [6.45, 7) is 6.41. The summed E-state index contributed by atoms with van der Waals surface area (Å²) in [6, 6.07) is 4.83. The highest BCUT2D eigenvalue weighted by atomic mass is 79.9. The molecule has 2 atom stereocenters. The quantitative estimate of drug-likeness (QED) is 0.840. The number of aliphatic hydroxyl groups excluding tert-OH is 1. The van der Waals surface area contributed by atoms with E-state index in [-0.39, 0.29) is 17.8 Å². The lowest BCUT2D eigenvalue weighted by molar-refractivity contribution is -0.00824. The predicted octanol–water partition coefficient (Wildman–Crippen LogP) is 3.75. The number of amides is 1. The van der Waals surface area contributed by atoms with E-state index in [0.29, 0.717) is 30.4 Å². The zero-order chi connectivity index (χ0) is 17.2. The van der Waals surface area contributed by atoms with Gasteiger partial charge in [0, 0.05) is 19.0 Å². The van der Waals surface area contributed by atoms with Gasteiger partial charge < -0.3 is 14.7 Å². The number of nitrogens with zero attached hydrogens (tertiary/aromatic N) is 1. The molecule has 1 aromatic carbocycles. The fourth-order valence-corrected chi connectivity index (χ4v) is 3.11. The Bertz CT molecular complexity index is 573. The van der Waals surface area contributed by atoms with Crippen LogP contribution in [0.25, 0.3) is 0 Å². The van der Waals surface area contributed by atoms with Crippen molar-refractivity contribution in [2.45, 2.75) is 45.3 Å². The fourth-order valence-electron chi connectivity index (χ4n) is 2.68. The van der Waals surface area contributed by atoms with Crippen LogP contribution < -0.4 is 0 Å². The molecule has 1 aromatic rings. The zero-order valence-corrected chi connectivity index (χ0v) is 15.3. The van der Waals surface area contributed by atoms with Crippen molar-refractivity contribution in [1.29, 1.82) is 0 Å².